The Morgan fingerprint density at radius 1 is 1.24 bits per heavy atom. The van der Waals surface area contributed by atoms with Crippen molar-refractivity contribution in [3.63, 3.8) is 0 Å². The van der Waals surface area contributed by atoms with E-state index in [-0.39, 0.29) is 28.7 Å². The smallest absolute Gasteiger partial charge is 0.263 e. The number of hydrogen-bond donors (Lipinski definition) is 1. The molecule has 0 saturated carbocycles. The van der Waals surface area contributed by atoms with Crippen molar-refractivity contribution in [3.8, 4) is 28.1 Å². The van der Waals surface area contributed by atoms with E-state index >= 15 is 0 Å². The molecule has 0 aliphatic carbocycles. The normalized spacial score (nSPS) is 15.2. The largest absolute Gasteiger partial charge is 0.494 e. The number of hydrogen-bond acceptors (Lipinski definition) is 5. The summed E-state index contributed by atoms with van der Waals surface area (Å²) >= 11 is 0. The zero-order chi connectivity index (χ0) is 24.4. The number of halogens is 2. The molecule has 1 unspecified atom stereocenters. The summed E-state index contributed by atoms with van der Waals surface area (Å²) in [6, 6.07) is 8.56. The molecule has 1 aliphatic heterocycles. The summed E-state index contributed by atoms with van der Waals surface area (Å²) in [7, 11) is 4.82. The highest BCUT2D eigenvalue weighted by Crippen LogP contribution is 2.33. The molecule has 7 nitrogen and oxygen atoms in total. The summed E-state index contributed by atoms with van der Waals surface area (Å²) in [5.41, 5.74) is 0.435. The molecule has 1 aliphatic rings. The van der Waals surface area contributed by atoms with Crippen LogP contribution in [0, 0.1) is 18.2 Å². The van der Waals surface area contributed by atoms with Gasteiger partial charge in [-0.25, -0.2) is 18.6 Å². The van der Waals surface area contributed by atoms with Crippen LogP contribution in [0.25, 0.3) is 27.2 Å². The van der Waals surface area contributed by atoms with E-state index in [2.05, 4.69) is 10.2 Å². The quantitative estimate of drug-likeness (QED) is 0.555. The SMILES string of the molecule is [C-]#[N+]c1ccc(-c2nc(N(C)CC3CCCN3)n(C)c(=O)c2-c2ccc(OC)c(F)c2)cc1F. The van der Waals surface area contributed by atoms with Gasteiger partial charge in [0.05, 0.1) is 24.9 Å². The maximum absolute atomic E-state index is 14.5. The number of likely N-dealkylation sites (N-methyl/N-ethyl adjacent to an activating group) is 1. The number of methoxy groups -OCH3 is 1. The summed E-state index contributed by atoms with van der Waals surface area (Å²) in [5.74, 6) is -0.896. The maximum atomic E-state index is 14.5. The Hall–Kier alpha value is -3.77. The van der Waals surface area contributed by atoms with Gasteiger partial charge in [-0.05, 0) is 43.1 Å². The van der Waals surface area contributed by atoms with Gasteiger partial charge in [-0.1, -0.05) is 18.2 Å². The fourth-order valence-corrected chi connectivity index (χ4v) is 4.29. The van der Waals surface area contributed by atoms with Gasteiger partial charge in [-0.15, -0.1) is 0 Å². The van der Waals surface area contributed by atoms with Gasteiger partial charge in [-0.3, -0.25) is 9.36 Å². The first-order valence-corrected chi connectivity index (χ1v) is 10.9. The van der Waals surface area contributed by atoms with E-state index in [1.807, 2.05) is 11.9 Å². The zero-order valence-electron chi connectivity index (χ0n) is 19.2. The van der Waals surface area contributed by atoms with Crippen LogP contribution in [0.5, 0.6) is 5.75 Å². The van der Waals surface area contributed by atoms with E-state index in [4.69, 9.17) is 16.3 Å². The van der Waals surface area contributed by atoms with Crippen molar-refractivity contribution < 1.29 is 13.5 Å². The number of ether oxygens (including phenoxy) is 1. The van der Waals surface area contributed by atoms with Crippen molar-refractivity contribution in [3.05, 3.63) is 69.8 Å². The van der Waals surface area contributed by atoms with Crippen LogP contribution in [0.2, 0.25) is 0 Å². The highest BCUT2D eigenvalue weighted by Gasteiger charge is 2.23. The third-order valence-corrected chi connectivity index (χ3v) is 6.05. The van der Waals surface area contributed by atoms with Gasteiger partial charge in [0.2, 0.25) is 11.6 Å². The summed E-state index contributed by atoms with van der Waals surface area (Å²) in [5, 5.41) is 3.42. The zero-order valence-corrected chi connectivity index (χ0v) is 19.2. The lowest BCUT2D eigenvalue weighted by molar-refractivity contribution is 0.386. The fourth-order valence-electron chi connectivity index (χ4n) is 4.29. The maximum Gasteiger partial charge on any atom is 0.263 e. The van der Waals surface area contributed by atoms with Gasteiger partial charge >= 0.3 is 0 Å². The van der Waals surface area contributed by atoms with Crippen molar-refractivity contribution >= 4 is 11.6 Å². The number of nitrogens with one attached hydrogen (secondary N) is 1. The van der Waals surface area contributed by atoms with Crippen LogP contribution < -0.4 is 20.5 Å². The molecule has 0 spiro atoms. The van der Waals surface area contributed by atoms with Crippen LogP contribution in [-0.4, -0.2) is 42.8 Å². The molecule has 4 rings (SSSR count). The molecule has 2 aromatic carbocycles. The molecule has 9 heteroatoms. The fraction of sp³-hybridized carbons (Fsp3) is 0.320. The lowest BCUT2D eigenvalue weighted by Crippen LogP contribution is -2.38. The van der Waals surface area contributed by atoms with Gasteiger partial charge in [0.25, 0.3) is 5.56 Å². The Labute approximate surface area is 196 Å². The van der Waals surface area contributed by atoms with Crippen molar-refractivity contribution in [2.45, 2.75) is 18.9 Å². The minimum atomic E-state index is -0.716. The van der Waals surface area contributed by atoms with Gasteiger partial charge < -0.3 is 15.0 Å². The number of rotatable bonds is 6. The molecule has 2 heterocycles. The number of nitrogens with zero attached hydrogens (tertiary/aromatic N) is 4. The second kappa shape index (κ2) is 9.61. The van der Waals surface area contributed by atoms with E-state index in [0.29, 0.717) is 23.6 Å². The summed E-state index contributed by atoms with van der Waals surface area (Å²) in [4.78, 5) is 23.4. The third-order valence-electron chi connectivity index (χ3n) is 6.05. The second-order valence-electron chi connectivity index (χ2n) is 8.30. The monoisotopic (exact) mass is 465 g/mol. The molecule has 1 atom stereocenters. The average molecular weight is 466 g/mol. The molecule has 34 heavy (non-hydrogen) atoms. The Morgan fingerprint density at radius 2 is 1.97 bits per heavy atom. The van der Waals surface area contributed by atoms with E-state index in [9.17, 15) is 13.6 Å². The molecular formula is C25H25F2N5O2. The Kier molecular flexibility index (Phi) is 6.61. The third kappa shape index (κ3) is 4.37. The van der Waals surface area contributed by atoms with Crippen LogP contribution in [-0.2, 0) is 7.05 Å². The second-order valence-corrected chi connectivity index (χ2v) is 8.30. The number of anilines is 1. The molecule has 3 aromatic rings. The van der Waals surface area contributed by atoms with Gasteiger partial charge in [0.1, 0.15) is 5.82 Å². The molecule has 0 bridgehead atoms. The average Bonchev–Trinajstić information content (AvgIpc) is 3.33. The lowest BCUT2D eigenvalue weighted by Gasteiger charge is -2.25. The summed E-state index contributed by atoms with van der Waals surface area (Å²) in [6.45, 7) is 8.70. The van der Waals surface area contributed by atoms with Gasteiger partial charge in [0, 0.05) is 32.2 Å². The predicted octanol–water partition coefficient (Wildman–Crippen LogP) is 4.14. The van der Waals surface area contributed by atoms with Crippen molar-refractivity contribution in [2.24, 2.45) is 7.05 Å². The van der Waals surface area contributed by atoms with Crippen LogP contribution in [0.3, 0.4) is 0 Å². The first-order valence-electron chi connectivity index (χ1n) is 10.9. The van der Waals surface area contributed by atoms with Crippen LogP contribution in [0.1, 0.15) is 12.8 Å². The Morgan fingerprint density at radius 3 is 2.59 bits per heavy atom. The summed E-state index contributed by atoms with van der Waals surface area (Å²) in [6.07, 6.45) is 2.11. The van der Waals surface area contributed by atoms with E-state index < -0.39 is 17.2 Å². The van der Waals surface area contributed by atoms with E-state index in [1.165, 1.54) is 35.9 Å². The van der Waals surface area contributed by atoms with E-state index in [0.717, 1.165) is 19.4 Å². The molecule has 0 radical (unpaired) electrons. The molecule has 1 fully saturated rings. The lowest BCUT2D eigenvalue weighted by atomic mass is 9.99. The number of benzene rings is 2. The molecule has 1 N–H and O–H groups in total. The number of aromatic nitrogens is 2. The van der Waals surface area contributed by atoms with Crippen LogP contribution >= 0.6 is 0 Å². The minimum absolute atomic E-state index is 0.0444. The van der Waals surface area contributed by atoms with Crippen molar-refractivity contribution in [1.29, 1.82) is 0 Å². The molecule has 1 saturated heterocycles. The standard InChI is InChI=1S/C25H25F2N5O2/c1-28-20-9-7-16(13-18(20)26)23-22(15-8-10-21(34-4)19(27)12-15)24(33)32(3)25(30-23)31(2)14-17-6-5-11-29-17/h7-10,12-13,17,29H,5-6,11,14H2,2-4H3. The van der Waals surface area contributed by atoms with Crippen molar-refractivity contribution in [1.82, 2.24) is 14.9 Å². The topological polar surface area (TPSA) is 63.8 Å². The Bertz CT molecular complexity index is 1330. The minimum Gasteiger partial charge on any atom is -0.494 e. The first-order chi connectivity index (χ1) is 16.3. The predicted molar refractivity (Wildman–Crippen MR) is 127 cm³/mol. The van der Waals surface area contributed by atoms with Crippen molar-refractivity contribution in [2.75, 3.05) is 32.1 Å². The summed E-state index contributed by atoms with van der Waals surface area (Å²) < 4.78 is 35.5. The highest BCUT2D eigenvalue weighted by molar-refractivity contribution is 5.82. The van der Waals surface area contributed by atoms with Gasteiger partial charge in [-0.2, -0.15) is 0 Å². The highest BCUT2D eigenvalue weighted by atomic mass is 19.1. The van der Waals surface area contributed by atoms with Crippen LogP contribution in [0.15, 0.2) is 41.2 Å². The molecular weight excluding hydrogens is 440 g/mol. The Balaban J connectivity index is 1.92. The molecule has 1 aromatic heterocycles. The van der Waals surface area contributed by atoms with Crippen LogP contribution in [0.4, 0.5) is 20.4 Å². The van der Waals surface area contributed by atoms with E-state index in [1.54, 1.807) is 19.2 Å². The first kappa shape index (κ1) is 23.4. The van der Waals surface area contributed by atoms with Gasteiger partial charge in [0.15, 0.2) is 11.6 Å². The molecule has 176 valence electrons. The molecule has 0 amide bonds.